The van der Waals surface area contributed by atoms with E-state index in [4.69, 9.17) is 0 Å². The molecular formula is C70H74. The fourth-order valence-electron chi connectivity index (χ4n) is 11.5. The average Bonchev–Trinajstić information content (AvgIpc) is 3.76. The molecule has 0 heterocycles. The molecule has 0 amide bonds. The van der Waals surface area contributed by atoms with Crippen molar-refractivity contribution in [3.8, 4) is 22.3 Å². The van der Waals surface area contributed by atoms with Gasteiger partial charge in [-0.25, -0.2) is 0 Å². The van der Waals surface area contributed by atoms with Crippen LogP contribution in [0.15, 0.2) is 121 Å². The Balaban J connectivity index is 1.22. The molecule has 11 aromatic carbocycles. The smallest absolute Gasteiger partial charge is 0.00197 e. The molecule has 0 nitrogen and oxygen atoms in total. The first-order valence-corrected chi connectivity index (χ1v) is 26.1. The van der Waals surface area contributed by atoms with Crippen LogP contribution < -0.4 is 0 Å². The Morgan fingerprint density at radius 1 is 0.171 bits per heavy atom. The fraction of sp³-hybridized carbons (Fsp3) is 0.343. The summed E-state index contributed by atoms with van der Waals surface area (Å²) >= 11 is 0. The number of hydrogen-bond donors (Lipinski definition) is 0. The Morgan fingerprint density at radius 2 is 0.386 bits per heavy atom. The maximum atomic E-state index is 2.56. The van der Waals surface area contributed by atoms with Gasteiger partial charge in [-0.3, -0.25) is 0 Å². The highest BCUT2D eigenvalue weighted by atomic mass is 14.3. The molecule has 70 heavy (non-hydrogen) atoms. The standard InChI is InChI=1S/C70H74/c1-65(2,3)43-25-41(26-44(31-43)66(4,5)6)39-19-21-49-53(29-39)59-35-47(69(13,14)15)33-57-51-23-24-52-56(55(51)37-61(49)63(57)59)38-62-50-22-20-40(42-27-45(67(7,8)9)32-46(28-42)68(10,11)12)30-54(50)60-36-48(70(16,17)18)34-58(52)64(60)62/h19-38H,1-18H3. The molecule has 0 spiro atoms. The van der Waals surface area contributed by atoms with E-state index < -0.39 is 0 Å². The predicted molar refractivity (Wildman–Crippen MR) is 312 cm³/mol. The molecule has 0 bridgehead atoms. The van der Waals surface area contributed by atoms with E-state index in [1.165, 1.54) is 142 Å². The second-order valence-electron chi connectivity index (χ2n) is 27.6. The van der Waals surface area contributed by atoms with Gasteiger partial charge in [-0.1, -0.05) is 197 Å². The van der Waals surface area contributed by atoms with Crippen LogP contribution in [0.2, 0.25) is 0 Å². The zero-order valence-corrected chi connectivity index (χ0v) is 45.5. The molecule has 0 atom stereocenters. The van der Waals surface area contributed by atoms with Gasteiger partial charge in [0, 0.05) is 0 Å². The van der Waals surface area contributed by atoms with Crippen molar-refractivity contribution in [3.63, 3.8) is 0 Å². The molecular weight excluding hydrogens is 841 g/mol. The average molecular weight is 915 g/mol. The van der Waals surface area contributed by atoms with Crippen LogP contribution in [0, 0.1) is 0 Å². The van der Waals surface area contributed by atoms with Crippen LogP contribution in [0.25, 0.3) is 108 Å². The fourth-order valence-corrected chi connectivity index (χ4v) is 11.5. The van der Waals surface area contributed by atoms with E-state index in [9.17, 15) is 0 Å². The minimum Gasteiger partial charge on any atom is -0.0561 e. The second kappa shape index (κ2) is 14.8. The van der Waals surface area contributed by atoms with Crippen LogP contribution in [0.5, 0.6) is 0 Å². The molecule has 11 aromatic rings. The first kappa shape index (κ1) is 46.4. The monoisotopic (exact) mass is 915 g/mol. The summed E-state index contributed by atoms with van der Waals surface area (Å²) in [6.45, 7) is 42.3. The minimum atomic E-state index is -0.0281. The van der Waals surface area contributed by atoms with Gasteiger partial charge in [-0.05, 0) is 223 Å². The second-order valence-corrected chi connectivity index (χ2v) is 27.6. The Kier molecular flexibility index (Phi) is 9.81. The highest BCUT2D eigenvalue weighted by molar-refractivity contribution is 6.40. The first-order valence-electron chi connectivity index (χ1n) is 26.1. The molecule has 0 heteroatoms. The maximum Gasteiger partial charge on any atom is -0.00197 e. The van der Waals surface area contributed by atoms with Crippen molar-refractivity contribution in [2.24, 2.45) is 0 Å². The summed E-state index contributed by atoms with van der Waals surface area (Å²) in [6.07, 6.45) is 0. The molecule has 0 aliphatic heterocycles. The number of rotatable bonds is 2. The lowest BCUT2D eigenvalue weighted by molar-refractivity contribution is 0.568. The molecule has 0 aromatic heterocycles. The molecule has 0 saturated heterocycles. The normalized spacial score (nSPS) is 13.9. The summed E-state index contributed by atoms with van der Waals surface area (Å²) in [6, 6.07) is 49.4. The zero-order valence-electron chi connectivity index (χ0n) is 45.5. The van der Waals surface area contributed by atoms with E-state index in [1.54, 1.807) is 0 Å². The molecule has 0 aliphatic carbocycles. The third-order valence-electron chi connectivity index (χ3n) is 16.2. The summed E-state index contributed by atoms with van der Waals surface area (Å²) < 4.78 is 0. The van der Waals surface area contributed by atoms with Gasteiger partial charge in [0.2, 0.25) is 0 Å². The van der Waals surface area contributed by atoms with Gasteiger partial charge in [-0.2, -0.15) is 0 Å². The van der Waals surface area contributed by atoms with Crippen LogP contribution in [0.3, 0.4) is 0 Å². The zero-order chi connectivity index (χ0) is 50.2. The van der Waals surface area contributed by atoms with Crippen LogP contribution in [-0.2, 0) is 32.5 Å². The van der Waals surface area contributed by atoms with E-state index in [0.29, 0.717) is 0 Å². The van der Waals surface area contributed by atoms with Crippen LogP contribution in [0.1, 0.15) is 158 Å². The molecule has 0 saturated carbocycles. The third-order valence-corrected chi connectivity index (χ3v) is 16.2. The third kappa shape index (κ3) is 7.37. The quantitative estimate of drug-likeness (QED) is 0.152. The lowest BCUT2D eigenvalue weighted by Gasteiger charge is -2.26. The van der Waals surface area contributed by atoms with Crippen LogP contribution in [0.4, 0.5) is 0 Å². The molecule has 354 valence electrons. The molecule has 0 fully saturated rings. The summed E-state index contributed by atoms with van der Waals surface area (Å²) in [5.74, 6) is 0. The maximum absolute atomic E-state index is 2.56. The van der Waals surface area contributed by atoms with E-state index in [-0.39, 0.29) is 32.5 Å². The molecule has 0 aliphatic rings. The Morgan fingerprint density at radius 3 is 0.657 bits per heavy atom. The number of hydrogen-bond acceptors (Lipinski definition) is 0. The van der Waals surface area contributed by atoms with Crippen molar-refractivity contribution in [1.82, 2.24) is 0 Å². The Hall–Kier alpha value is -5.98. The minimum absolute atomic E-state index is 0.0281. The predicted octanol–water partition coefficient (Wildman–Crippen LogP) is 20.9. The van der Waals surface area contributed by atoms with Gasteiger partial charge in [0.15, 0.2) is 0 Å². The summed E-state index contributed by atoms with van der Waals surface area (Å²) in [7, 11) is 0. The van der Waals surface area contributed by atoms with Gasteiger partial charge in [-0.15, -0.1) is 0 Å². The van der Waals surface area contributed by atoms with E-state index in [2.05, 4.69) is 246 Å². The Bertz CT molecular complexity index is 3630. The van der Waals surface area contributed by atoms with Crippen molar-refractivity contribution in [1.29, 1.82) is 0 Å². The van der Waals surface area contributed by atoms with Crippen molar-refractivity contribution in [2.75, 3.05) is 0 Å². The van der Waals surface area contributed by atoms with Gasteiger partial charge < -0.3 is 0 Å². The highest BCUT2D eigenvalue weighted by Gasteiger charge is 2.27. The largest absolute Gasteiger partial charge is 0.0561 e. The van der Waals surface area contributed by atoms with E-state index in [1.807, 2.05) is 0 Å². The van der Waals surface area contributed by atoms with Crippen molar-refractivity contribution in [2.45, 2.75) is 157 Å². The van der Waals surface area contributed by atoms with E-state index >= 15 is 0 Å². The molecule has 0 N–H and O–H groups in total. The topological polar surface area (TPSA) is 0 Å². The summed E-state index contributed by atoms with van der Waals surface area (Å²) in [4.78, 5) is 0. The highest BCUT2D eigenvalue weighted by Crippen LogP contribution is 2.50. The van der Waals surface area contributed by atoms with E-state index in [0.717, 1.165) is 0 Å². The summed E-state index contributed by atoms with van der Waals surface area (Å²) in [5.41, 5.74) is 13.6. The molecule has 11 rings (SSSR count). The van der Waals surface area contributed by atoms with Crippen molar-refractivity contribution < 1.29 is 0 Å². The Labute approximate surface area is 418 Å². The first-order chi connectivity index (χ1) is 32.4. The van der Waals surface area contributed by atoms with Gasteiger partial charge >= 0.3 is 0 Å². The van der Waals surface area contributed by atoms with Crippen molar-refractivity contribution in [3.05, 3.63) is 155 Å². The number of benzene rings is 9. The van der Waals surface area contributed by atoms with Crippen LogP contribution >= 0.6 is 0 Å². The summed E-state index contributed by atoms with van der Waals surface area (Å²) in [5, 5.41) is 21.6. The van der Waals surface area contributed by atoms with Crippen molar-refractivity contribution >= 4 is 86.2 Å². The molecule has 0 radical (unpaired) electrons. The lowest BCUT2D eigenvalue weighted by Crippen LogP contribution is -2.16. The SMILES string of the molecule is CC(C)(C)c1cc(-c2ccc3c(c2)c2cc(C(C)(C)C)cc4c5ccc6c(cc7c8ccc(-c9cc(C(C)(C)C)cc(C(C)(C)C)c9)cc8c8cc(C(C)(C)C)cc6c87)c5cc3c42)cc(C(C)(C)C)c1. The molecule has 0 unspecified atom stereocenters. The number of fused-ring (bicyclic) bond motifs is 11. The van der Waals surface area contributed by atoms with Gasteiger partial charge in [0.05, 0.1) is 0 Å². The lowest BCUT2D eigenvalue weighted by atomic mass is 9.79. The van der Waals surface area contributed by atoms with Gasteiger partial charge in [0.1, 0.15) is 0 Å². The van der Waals surface area contributed by atoms with Gasteiger partial charge in [0.25, 0.3) is 0 Å². The van der Waals surface area contributed by atoms with Crippen LogP contribution in [-0.4, -0.2) is 0 Å².